The highest BCUT2D eigenvalue weighted by atomic mass is 16.5. The molecule has 2 atom stereocenters. The minimum Gasteiger partial charge on any atom is -0.372 e. The summed E-state index contributed by atoms with van der Waals surface area (Å²) in [5.74, 6) is 0.492. The smallest absolute Gasteiger partial charge is 0.112 e. The number of hydrogen-bond acceptors (Lipinski definition) is 3. The van der Waals surface area contributed by atoms with Gasteiger partial charge in [0.15, 0.2) is 0 Å². The molecule has 0 aromatic carbocycles. The van der Waals surface area contributed by atoms with E-state index in [0.29, 0.717) is 5.92 Å². The first-order valence-corrected chi connectivity index (χ1v) is 5.66. The van der Waals surface area contributed by atoms with Crippen molar-refractivity contribution in [3.8, 4) is 0 Å². The summed E-state index contributed by atoms with van der Waals surface area (Å²) in [5, 5.41) is 8.40. The van der Waals surface area contributed by atoms with E-state index in [-0.39, 0.29) is 6.10 Å². The van der Waals surface area contributed by atoms with Crippen molar-refractivity contribution in [3.63, 3.8) is 0 Å². The van der Waals surface area contributed by atoms with Crippen molar-refractivity contribution in [1.29, 1.82) is 0 Å². The van der Waals surface area contributed by atoms with Gasteiger partial charge in [-0.15, -0.1) is 0 Å². The van der Waals surface area contributed by atoms with Gasteiger partial charge in [0.25, 0.3) is 0 Å². The molecule has 1 aromatic heterocycles. The van der Waals surface area contributed by atoms with Crippen molar-refractivity contribution in [2.45, 2.75) is 39.7 Å². The number of ether oxygens (including phenoxy) is 1. The van der Waals surface area contributed by atoms with E-state index in [1.54, 1.807) is 11.0 Å². The van der Waals surface area contributed by atoms with Crippen molar-refractivity contribution in [1.82, 2.24) is 15.0 Å². The van der Waals surface area contributed by atoms with Crippen LogP contribution in [-0.4, -0.2) is 21.6 Å². The largest absolute Gasteiger partial charge is 0.372 e. The summed E-state index contributed by atoms with van der Waals surface area (Å²) in [6.45, 7) is 7.13. The van der Waals surface area contributed by atoms with Gasteiger partial charge in [0, 0.05) is 13.7 Å². The third-order valence-corrected chi connectivity index (χ3v) is 2.52. The number of aryl methyl sites for hydroxylation is 1. The fraction of sp³-hybridized carbons (Fsp3) is 0.818. The standard InChI is InChI=1S/C11H21N3O/c1-5-7-9(3)11(15-6-2)10-8-12-14(4)13-10/h8-9,11H,5-7H2,1-4H3/t9?,11-/m1/s1. The molecular formula is C11H21N3O. The van der Waals surface area contributed by atoms with Gasteiger partial charge in [-0.3, -0.25) is 0 Å². The maximum Gasteiger partial charge on any atom is 0.112 e. The Bertz CT molecular complexity index is 285. The summed E-state index contributed by atoms with van der Waals surface area (Å²) in [7, 11) is 1.83. The molecule has 15 heavy (non-hydrogen) atoms. The molecule has 0 saturated carbocycles. The van der Waals surface area contributed by atoms with Gasteiger partial charge in [0.1, 0.15) is 11.8 Å². The van der Waals surface area contributed by atoms with Crippen molar-refractivity contribution in [2.75, 3.05) is 6.61 Å². The van der Waals surface area contributed by atoms with Crippen LogP contribution >= 0.6 is 0 Å². The van der Waals surface area contributed by atoms with Gasteiger partial charge in [-0.05, 0) is 19.3 Å². The Hall–Kier alpha value is -0.900. The van der Waals surface area contributed by atoms with Gasteiger partial charge in [0.05, 0.1) is 6.20 Å². The second kappa shape index (κ2) is 5.85. The maximum absolute atomic E-state index is 5.74. The van der Waals surface area contributed by atoms with E-state index in [1.165, 1.54) is 6.42 Å². The Morgan fingerprint density at radius 1 is 1.47 bits per heavy atom. The van der Waals surface area contributed by atoms with Crippen LogP contribution in [0.25, 0.3) is 0 Å². The molecule has 4 heteroatoms. The Morgan fingerprint density at radius 3 is 2.67 bits per heavy atom. The van der Waals surface area contributed by atoms with Crippen LogP contribution in [0.5, 0.6) is 0 Å². The molecule has 1 heterocycles. The molecular weight excluding hydrogens is 190 g/mol. The summed E-state index contributed by atoms with van der Waals surface area (Å²) in [4.78, 5) is 1.58. The zero-order valence-corrected chi connectivity index (χ0v) is 10.1. The molecule has 0 bridgehead atoms. The van der Waals surface area contributed by atoms with Crippen LogP contribution in [0.15, 0.2) is 6.20 Å². The number of nitrogens with zero attached hydrogens (tertiary/aromatic N) is 3. The Kier molecular flexibility index (Phi) is 4.75. The van der Waals surface area contributed by atoms with Gasteiger partial charge in [-0.25, -0.2) is 0 Å². The summed E-state index contributed by atoms with van der Waals surface area (Å²) in [6, 6.07) is 0. The first kappa shape index (κ1) is 12.2. The fourth-order valence-electron chi connectivity index (χ4n) is 1.82. The van der Waals surface area contributed by atoms with Crippen LogP contribution in [0, 0.1) is 5.92 Å². The van der Waals surface area contributed by atoms with Crippen LogP contribution in [0.3, 0.4) is 0 Å². The number of hydrogen-bond donors (Lipinski definition) is 0. The van der Waals surface area contributed by atoms with E-state index in [2.05, 4.69) is 24.0 Å². The minimum absolute atomic E-state index is 0.0867. The predicted molar refractivity (Wildman–Crippen MR) is 59.4 cm³/mol. The summed E-state index contributed by atoms with van der Waals surface area (Å²) < 4.78 is 5.74. The van der Waals surface area contributed by atoms with Gasteiger partial charge >= 0.3 is 0 Å². The second-order valence-corrected chi connectivity index (χ2v) is 3.90. The van der Waals surface area contributed by atoms with Crippen LogP contribution in [0.2, 0.25) is 0 Å². The van der Waals surface area contributed by atoms with Crippen LogP contribution in [0.4, 0.5) is 0 Å². The van der Waals surface area contributed by atoms with E-state index in [1.807, 2.05) is 14.0 Å². The highest BCUT2D eigenvalue weighted by Crippen LogP contribution is 2.27. The molecule has 0 spiro atoms. The lowest BCUT2D eigenvalue weighted by Crippen LogP contribution is -2.14. The van der Waals surface area contributed by atoms with Gasteiger partial charge < -0.3 is 4.74 Å². The quantitative estimate of drug-likeness (QED) is 0.725. The zero-order chi connectivity index (χ0) is 11.3. The highest BCUT2D eigenvalue weighted by molar-refractivity contribution is 4.98. The van der Waals surface area contributed by atoms with E-state index in [9.17, 15) is 0 Å². The topological polar surface area (TPSA) is 39.9 Å². The molecule has 0 N–H and O–H groups in total. The van der Waals surface area contributed by atoms with Crippen molar-refractivity contribution >= 4 is 0 Å². The average molecular weight is 211 g/mol. The minimum atomic E-state index is 0.0867. The normalized spacial score (nSPS) is 15.2. The Morgan fingerprint density at radius 2 is 2.20 bits per heavy atom. The van der Waals surface area contributed by atoms with Crippen LogP contribution in [-0.2, 0) is 11.8 Å². The molecule has 1 aromatic rings. The fourth-order valence-corrected chi connectivity index (χ4v) is 1.82. The molecule has 0 radical (unpaired) electrons. The number of aromatic nitrogens is 3. The highest BCUT2D eigenvalue weighted by Gasteiger charge is 2.21. The van der Waals surface area contributed by atoms with E-state index >= 15 is 0 Å². The van der Waals surface area contributed by atoms with Gasteiger partial charge in [0.2, 0.25) is 0 Å². The first-order valence-electron chi connectivity index (χ1n) is 5.66. The Balaban J connectivity index is 2.72. The Labute approximate surface area is 91.6 Å². The lowest BCUT2D eigenvalue weighted by atomic mass is 9.97. The molecule has 0 amide bonds. The predicted octanol–water partition coefficient (Wildman–Crippen LogP) is 2.33. The molecule has 86 valence electrons. The summed E-state index contributed by atoms with van der Waals surface area (Å²) in [5.41, 5.74) is 0.945. The van der Waals surface area contributed by atoms with E-state index in [0.717, 1.165) is 18.7 Å². The molecule has 1 unspecified atom stereocenters. The first-order chi connectivity index (χ1) is 7.19. The summed E-state index contributed by atoms with van der Waals surface area (Å²) >= 11 is 0. The second-order valence-electron chi connectivity index (χ2n) is 3.90. The monoisotopic (exact) mass is 211 g/mol. The molecule has 0 aliphatic heterocycles. The van der Waals surface area contributed by atoms with E-state index in [4.69, 9.17) is 4.74 Å². The van der Waals surface area contributed by atoms with Crippen molar-refractivity contribution < 1.29 is 4.74 Å². The van der Waals surface area contributed by atoms with Crippen LogP contribution in [0.1, 0.15) is 45.4 Å². The number of rotatable bonds is 6. The molecule has 0 aliphatic rings. The third-order valence-electron chi connectivity index (χ3n) is 2.52. The van der Waals surface area contributed by atoms with Crippen LogP contribution < -0.4 is 0 Å². The molecule has 0 aliphatic carbocycles. The lowest BCUT2D eigenvalue weighted by molar-refractivity contribution is 0.0177. The molecule has 0 fully saturated rings. The molecule has 1 rings (SSSR count). The SMILES string of the molecule is CCCC(C)[C@@H](OCC)c1cnn(C)n1. The van der Waals surface area contributed by atoms with Gasteiger partial charge in [-0.1, -0.05) is 20.3 Å². The van der Waals surface area contributed by atoms with Gasteiger partial charge in [-0.2, -0.15) is 15.0 Å². The van der Waals surface area contributed by atoms with E-state index < -0.39 is 0 Å². The molecule has 0 saturated heterocycles. The molecule has 4 nitrogen and oxygen atoms in total. The average Bonchev–Trinajstić information content (AvgIpc) is 2.61. The lowest BCUT2D eigenvalue weighted by Gasteiger charge is -2.21. The van der Waals surface area contributed by atoms with Crippen molar-refractivity contribution in [3.05, 3.63) is 11.9 Å². The third kappa shape index (κ3) is 3.30. The van der Waals surface area contributed by atoms with Crippen molar-refractivity contribution in [2.24, 2.45) is 13.0 Å². The summed E-state index contributed by atoms with van der Waals surface area (Å²) in [6.07, 6.45) is 4.21. The zero-order valence-electron chi connectivity index (χ0n) is 10.1. The maximum atomic E-state index is 5.74.